The van der Waals surface area contributed by atoms with Crippen molar-refractivity contribution in [2.45, 2.75) is 26.5 Å². The van der Waals surface area contributed by atoms with Crippen LogP contribution in [-0.2, 0) is 26.7 Å². The molecule has 0 saturated carbocycles. The Morgan fingerprint density at radius 3 is 1.62 bits per heavy atom. The lowest BCUT2D eigenvalue weighted by Crippen LogP contribution is -2.20. The Balaban J connectivity index is 1.03. The maximum Gasteiger partial charge on any atom is 0.333 e. The first-order valence-corrected chi connectivity index (χ1v) is 21.7. The summed E-state index contributed by atoms with van der Waals surface area (Å²) in [5.74, 6) is 0.735. The van der Waals surface area contributed by atoms with Gasteiger partial charge in [0, 0.05) is 7.05 Å². The van der Waals surface area contributed by atoms with Gasteiger partial charge < -0.3 is 9.47 Å². The predicted octanol–water partition coefficient (Wildman–Crippen LogP) is 9.78. The molecule has 0 aliphatic carbocycles. The average molecular weight is 833 g/mol. The van der Waals surface area contributed by atoms with Crippen molar-refractivity contribution in [3.8, 4) is 28.7 Å². The summed E-state index contributed by atoms with van der Waals surface area (Å²) < 4.78 is 69.1. The number of benzene rings is 7. The number of aryl methyl sites for hydroxylation is 2. The zero-order valence-corrected chi connectivity index (χ0v) is 33.9. The maximum absolute atomic E-state index is 13.7. The van der Waals surface area contributed by atoms with Gasteiger partial charge in [-0.05, 0) is 134 Å². The molecule has 0 N–H and O–H groups in total. The summed E-state index contributed by atoms with van der Waals surface area (Å²) >= 11 is 0. The minimum atomic E-state index is -3.93. The molecule has 0 aliphatic heterocycles. The van der Waals surface area contributed by atoms with Crippen LogP contribution in [0.2, 0.25) is 0 Å². The molecule has 0 unspecified atom stereocenters. The summed E-state index contributed by atoms with van der Waals surface area (Å²) in [7, 11) is -6.01. The van der Waals surface area contributed by atoms with Gasteiger partial charge in [-0.2, -0.15) is 0 Å². The molecular weight excluding hydrogens is 797 g/mol. The summed E-state index contributed by atoms with van der Waals surface area (Å²) in [5, 5.41) is 0. The van der Waals surface area contributed by atoms with Crippen LogP contribution in [-0.4, -0.2) is 31.8 Å². The lowest BCUT2D eigenvalue weighted by Gasteiger charge is -2.13. The number of carbonyl (C=O) groups is 1. The van der Waals surface area contributed by atoms with E-state index in [2.05, 4.69) is 0 Å². The molecule has 0 fully saturated rings. The lowest BCUT2D eigenvalue weighted by molar-refractivity contribution is 0.104. The maximum atomic E-state index is 13.7. The number of hydrogen-bond acceptors (Lipinski definition) is 8. The molecule has 0 aliphatic rings. The van der Waals surface area contributed by atoms with Gasteiger partial charge in [0.05, 0.1) is 41.9 Å². The number of carbonyl (C=O) groups excluding carboxylic acids is 1. The van der Waals surface area contributed by atoms with Gasteiger partial charge in [0.2, 0.25) is 19.7 Å². The van der Waals surface area contributed by atoms with E-state index in [-0.39, 0.29) is 48.1 Å². The number of rotatable bonds is 12. The fraction of sp³-hybridized carbons (Fsp3) is 0.0417. The molecule has 7 aromatic carbocycles. The van der Waals surface area contributed by atoms with Crippen LogP contribution in [0.5, 0.6) is 23.0 Å². The summed E-state index contributed by atoms with van der Waals surface area (Å²) in [5.41, 5.74) is 3.68. The van der Waals surface area contributed by atoms with Crippen LogP contribution in [0.25, 0.3) is 22.8 Å². The van der Waals surface area contributed by atoms with E-state index in [4.69, 9.17) is 9.47 Å². The van der Waals surface area contributed by atoms with Gasteiger partial charge in [-0.3, -0.25) is 13.9 Å². The number of sulfone groups is 2. The molecule has 10 nitrogen and oxygen atoms in total. The highest BCUT2D eigenvalue weighted by atomic mass is 32.2. The number of para-hydroxylation sites is 2. The Morgan fingerprint density at radius 1 is 0.550 bits per heavy atom. The summed E-state index contributed by atoms with van der Waals surface area (Å²) in [6, 6.07) is 46.0. The zero-order valence-electron chi connectivity index (χ0n) is 32.3. The Hall–Kier alpha value is -7.28. The normalized spacial score (nSPS) is 11.8. The molecule has 0 amide bonds. The average Bonchev–Trinajstić information content (AvgIpc) is 3.52. The predicted molar refractivity (Wildman–Crippen MR) is 230 cm³/mol. The van der Waals surface area contributed by atoms with E-state index in [9.17, 15) is 26.4 Å². The van der Waals surface area contributed by atoms with E-state index in [1.54, 1.807) is 66.2 Å². The van der Waals surface area contributed by atoms with E-state index in [0.29, 0.717) is 22.7 Å². The van der Waals surface area contributed by atoms with Crippen molar-refractivity contribution >= 4 is 42.6 Å². The SMILES string of the molecule is Cc1ccc(S(=O)(=O)c2ccc(Oc3ccc(Oc4ccc(S(=O)(=O)c5ccc(-n6c(=O)n(C)c7ccccc76)cc5)cc4)cc3C(=O)/C=C/c3ccccc3)cc2)cc1. The van der Waals surface area contributed by atoms with Crippen molar-refractivity contribution in [3.63, 3.8) is 0 Å². The lowest BCUT2D eigenvalue weighted by atomic mass is 10.1. The van der Waals surface area contributed by atoms with Gasteiger partial charge in [-0.25, -0.2) is 21.6 Å². The van der Waals surface area contributed by atoms with Crippen molar-refractivity contribution in [2.24, 2.45) is 7.05 Å². The number of ketones is 1. The number of hydrogen-bond donors (Lipinski definition) is 0. The van der Waals surface area contributed by atoms with Gasteiger partial charge in [-0.15, -0.1) is 0 Å². The number of imidazole rings is 1. The van der Waals surface area contributed by atoms with E-state index < -0.39 is 19.7 Å². The highest BCUT2D eigenvalue weighted by molar-refractivity contribution is 7.91. The number of fused-ring (bicyclic) bond motifs is 1. The van der Waals surface area contributed by atoms with Crippen LogP contribution in [0, 0.1) is 6.92 Å². The van der Waals surface area contributed by atoms with Crippen molar-refractivity contribution in [1.82, 2.24) is 9.13 Å². The second-order valence-corrected chi connectivity index (χ2v) is 17.8. The van der Waals surface area contributed by atoms with E-state index in [1.165, 1.54) is 77.4 Å². The standard InChI is InChI=1S/C48H36N2O8S2/c1-33-12-22-39(23-13-33)59(53,54)42-28-19-37(20-29-42)58-47-31-21-38(32-43(47)46(51)30-14-34-8-4-3-5-9-34)57-36-17-26-41(27-18-36)60(55,56)40-24-15-35(16-25-40)50-45-11-7-6-10-44(45)49(2)48(50)52/h3-32H,1-2H3/b30-14+. The third-order valence-electron chi connectivity index (χ3n) is 9.87. The molecule has 0 spiro atoms. The van der Waals surface area contributed by atoms with Gasteiger partial charge >= 0.3 is 5.69 Å². The summed E-state index contributed by atoms with van der Waals surface area (Å²) in [4.78, 5) is 27.1. The quantitative estimate of drug-likeness (QED) is 0.0879. The molecule has 1 heterocycles. The van der Waals surface area contributed by atoms with Crippen LogP contribution >= 0.6 is 0 Å². The second-order valence-electron chi connectivity index (χ2n) is 13.9. The Kier molecular flexibility index (Phi) is 10.7. The van der Waals surface area contributed by atoms with E-state index in [1.807, 2.05) is 61.5 Å². The fourth-order valence-electron chi connectivity index (χ4n) is 6.62. The number of ether oxygens (including phenoxy) is 2. The van der Waals surface area contributed by atoms with Gasteiger partial charge in [0.15, 0.2) is 5.78 Å². The van der Waals surface area contributed by atoms with Crippen LogP contribution in [0.3, 0.4) is 0 Å². The minimum Gasteiger partial charge on any atom is -0.457 e. The third kappa shape index (κ3) is 7.93. The summed E-state index contributed by atoms with van der Waals surface area (Å²) in [6.07, 6.45) is 3.10. The van der Waals surface area contributed by atoms with Crippen molar-refractivity contribution in [1.29, 1.82) is 0 Å². The number of nitrogens with zero attached hydrogens (tertiary/aromatic N) is 2. The molecule has 8 rings (SSSR count). The van der Waals surface area contributed by atoms with Gasteiger partial charge in [0.25, 0.3) is 0 Å². The largest absolute Gasteiger partial charge is 0.457 e. The summed E-state index contributed by atoms with van der Waals surface area (Å²) in [6.45, 7) is 1.88. The molecule has 60 heavy (non-hydrogen) atoms. The first-order chi connectivity index (χ1) is 28.9. The van der Waals surface area contributed by atoms with E-state index in [0.717, 1.165) is 16.6 Å². The molecule has 12 heteroatoms. The third-order valence-corrected chi connectivity index (χ3v) is 13.4. The van der Waals surface area contributed by atoms with Crippen molar-refractivity contribution < 1.29 is 31.1 Å². The smallest absolute Gasteiger partial charge is 0.333 e. The topological polar surface area (TPSA) is 131 Å². The molecule has 0 atom stereocenters. The molecule has 298 valence electrons. The van der Waals surface area contributed by atoms with Crippen LogP contribution in [0.15, 0.2) is 200 Å². The molecule has 0 saturated heterocycles. The second kappa shape index (κ2) is 16.2. The number of aromatic nitrogens is 2. The Labute approximate surface area is 346 Å². The van der Waals surface area contributed by atoms with Crippen molar-refractivity contribution in [2.75, 3.05) is 0 Å². The highest BCUT2D eigenvalue weighted by Crippen LogP contribution is 2.34. The molecule has 1 aromatic heterocycles. The van der Waals surface area contributed by atoms with Gasteiger partial charge in [-0.1, -0.05) is 66.2 Å². The number of allylic oxidation sites excluding steroid dienone is 1. The molecular formula is C48H36N2O8S2. The fourth-order valence-corrected chi connectivity index (χ4v) is 9.15. The molecule has 0 radical (unpaired) electrons. The highest BCUT2D eigenvalue weighted by Gasteiger charge is 2.21. The minimum absolute atomic E-state index is 0.0354. The monoisotopic (exact) mass is 832 g/mol. The first kappa shape index (κ1) is 39.5. The first-order valence-electron chi connectivity index (χ1n) is 18.7. The van der Waals surface area contributed by atoms with Crippen molar-refractivity contribution in [3.05, 3.63) is 203 Å². The van der Waals surface area contributed by atoms with Crippen LogP contribution < -0.4 is 15.2 Å². The van der Waals surface area contributed by atoms with E-state index >= 15 is 0 Å². The van der Waals surface area contributed by atoms with Crippen LogP contribution in [0.1, 0.15) is 21.5 Å². The molecule has 8 aromatic rings. The molecule has 0 bridgehead atoms. The zero-order chi connectivity index (χ0) is 42.0. The Morgan fingerprint density at radius 2 is 1.03 bits per heavy atom. The van der Waals surface area contributed by atoms with Crippen LogP contribution in [0.4, 0.5) is 0 Å². The Bertz CT molecular complexity index is 3190. The van der Waals surface area contributed by atoms with Gasteiger partial charge in [0.1, 0.15) is 23.0 Å².